The summed E-state index contributed by atoms with van der Waals surface area (Å²) in [7, 11) is 0. The van der Waals surface area contributed by atoms with Crippen molar-refractivity contribution in [3.05, 3.63) is 59.7 Å². The quantitative estimate of drug-likeness (QED) is 0.934. The van der Waals surface area contributed by atoms with Crippen molar-refractivity contribution < 1.29 is 18.0 Å². The highest BCUT2D eigenvalue weighted by Crippen LogP contribution is 2.37. The molecule has 2 aromatic carbocycles. The lowest BCUT2D eigenvalue weighted by molar-refractivity contribution is -0.137. The number of oxime groups is 1. The van der Waals surface area contributed by atoms with E-state index in [1.807, 2.05) is 0 Å². The van der Waals surface area contributed by atoms with E-state index in [0.717, 1.165) is 17.3 Å². The molecule has 0 fully saturated rings. The second-order valence-corrected chi connectivity index (χ2v) is 5.33. The third kappa shape index (κ3) is 3.22. The molecule has 0 amide bonds. The van der Waals surface area contributed by atoms with E-state index >= 15 is 0 Å². The summed E-state index contributed by atoms with van der Waals surface area (Å²) in [5, 5.41) is 3.97. The topological polar surface area (TPSA) is 47.6 Å². The molecule has 0 bridgehead atoms. The third-order valence-corrected chi connectivity index (χ3v) is 3.76. The van der Waals surface area contributed by atoms with Gasteiger partial charge < -0.3 is 10.6 Å². The van der Waals surface area contributed by atoms with E-state index in [9.17, 15) is 13.2 Å². The van der Waals surface area contributed by atoms with Crippen LogP contribution in [0.3, 0.4) is 0 Å². The summed E-state index contributed by atoms with van der Waals surface area (Å²) in [6, 6.07) is 12.4. The molecule has 23 heavy (non-hydrogen) atoms. The lowest BCUT2D eigenvalue weighted by Gasteiger charge is -2.13. The number of hydrogen-bond donors (Lipinski definition) is 1. The molecule has 0 aliphatic carbocycles. The second kappa shape index (κ2) is 6.04. The van der Waals surface area contributed by atoms with Gasteiger partial charge in [-0.3, -0.25) is 0 Å². The maximum absolute atomic E-state index is 13.1. The third-order valence-electron chi connectivity index (χ3n) is 3.76. The summed E-state index contributed by atoms with van der Waals surface area (Å²) in [6.45, 7) is 0.379. The summed E-state index contributed by atoms with van der Waals surface area (Å²) in [5.74, 6) is 0. The Morgan fingerprint density at radius 3 is 2.30 bits per heavy atom. The molecule has 0 radical (unpaired) electrons. The van der Waals surface area contributed by atoms with E-state index in [2.05, 4.69) is 5.16 Å². The SMILES string of the molecule is NCC1CC(c2ccc(-c3ccccc3C(F)(F)F)cc2)=NO1. The highest BCUT2D eigenvalue weighted by Gasteiger charge is 2.33. The molecule has 1 unspecified atom stereocenters. The van der Waals surface area contributed by atoms with Crippen LogP contribution in [-0.4, -0.2) is 18.4 Å². The molecule has 1 aliphatic heterocycles. The van der Waals surface area contributed by atoms with Crippen LogP contribution in [0.25, 0.3) is 11.1 Å². The van der Waals surface area contributed by atoms with Crippen molar-refractivity contribution in [2.24, 2.45) is 10.9 Å². The molecule has 0 saturated heterocycles. The van der Waals surface area contributed by atoms with Crippen LogP contribution in [0.4, 0.5) is 13.2 Å². The van der Waals surface area contributed by atoms with Gasteiger partial charge >= 0.3 is 6.18 Å². The number of hydrogen-bond acceptors (Lipinski definition) is 3. The molecular weight excluding hydrogens is 305 g/mol. The molecule has 3 rings (SSSR count). The minimum atomic E-state index is -4.38. The summed E-state index contributed by atoms with van der Waals surface area (Å²) in [6.07, 6.45) is -3.90. The van der Waals surface area contributed by atoms with E-state index < -0.39 is 11.7 Å². The lowest BCUT2D eigenvalue weighted by atomic mass is 9.96. The Balaban J connectivity index is 1.90. The Kier molecular flexibility index (Phi) is 4.09. The fourth-order valence-electron chi connectivity index (χ4n) is 2.55. The van der Waals surface area contributed by atoms with Crippen LogP contribution in [-0.2, 0) is 11.0 Å². The van der Waals surface area contributed by atoms with Crippen LogP contribution in [0, 0.1) is 0 Å². The predicted octanol–water partition coefficient (Wildman–Crippen LogP) is 3.82. The van der Waals surface area contributed by atoms with Gasteiger partial charge in [-0.15, -0.1) is 0 Å². The first-order valence-corrected chi connectivity index (χ1v) is 7.19. The first kappa shape index (κ1) is 15.6. The summed E-state index contributed by atoms with van der Waals surface area (Å²) < 4.78 is 39.3. The van der Waals surface area contributed by atoms with Crippen LogP contribution in [0.2, 0.25) is 0 Å². The average molecular weight is 320 g/mol. The van der Waals surface area contributed by atoms with Crippen LogP contribution < -0.4 is 5.73 Å². The van der Waals surface area contributed by atoms with Gasteiger partial charge in [0.1, 0.15) is 6.10 Å². The van der Waals surface area contributed by atoms with Gasteiger partial charge in [0.05, 0.1) is 11.3 Å². The van der Waals surface area contributed by atoms with Crippen molar-refractivity contribution in [1.29, 1.82) is 0 Å². The van der Waals surface area contributed by atoms with Crippen molar-refractivity contribution in [3.8, 4) is 11.1 Å². The van der Waals surface area contributed by atoms with E-state index in [4.69, 9.17) is 10.6 Å². The normalized spacial score (nSPS) is 17.7. The molecule has 0 saturated carbocycles. The number of alkyl halides is 3. The molecule has 0 aromatic heterocycles. The predicted molar refractivity (Wildman–Crippen MR) is 82.0 cm³/mol. The zero-order chi connectivity index (χ0) is 16.4. The maximum atomic E-state index is 13.1. The Morgan fingerprint density at radius 2 is 1.70 bits per heavy atom. The minimum Gasteiger partial charge on any atom is -0.390 e. The fourth-order valence-corrected chi connectivity index (χ4v) is 2.55. The molecule has 120 valence electrons. The van der Waals surface area contributed by atoms with Crippen LogP contribution in [0.5, 0.6) is 0 Å². The molecule has 6 heteroatoms. The Hall–Kier alpha value is -2.34. The second-order valence-electron chi connectivity index (χ2n) is 5.33. The van der Waals surface area contributed by atoms with Gasteiger partial charge in [0.2, 0.25) is 0 Å². The summed E-state index contributed by atoms with van der Waals surface area (Å²) in [5.41, 5.74) is 7.15. The monoisotopic (exact) mass is 320 g/mol. The van der Waals surface area contributed by atoms with Crippen LogP contribution in [0.1, 0.15) is 17.5 Å². The Labute approximate surface area is 131 Å². The minimum absolute atomic E-state index is 0.129. The van der Waals surface area contributed by atoms with Crippen molar-refractivity contribution in [3.63, 3.8) is 0 Å². The van der Waals surface area contributed by atoms with Gasteiger partial charge in [-0.2, -0.15) is 13.2 Å². The molecule has 3 nitrogen and oxygen atoms in total. The highest BCUT2D eigenvalue weighted by molar-refractivity contribution is 6.01. The Bertz CT molecular complexity index is 723. The van der Waals surface area contributed by atoms with E-state index in [-0.39, 0.29) is 11.7 Å². The van der Waals surface area contributed by atoms with E-state index in [0.29, 0.717) is 18.5 Å². The van der Waals surface area contributed by atoms with Crippen molar-refractivity contribution in [2.75, 3.05) is 6.54 Å². The zero-order valence-electron chi connectivity index (χ0n) is 12.2. The molecular formula is C17H15F3N2O. The van der Waals surface area contributed by atoms with Gasteiger partial charge in [0.25, 0.3) is 0 Å². The van der Waals surface area contributed by atoms with E-state index in [1.165, 1.54) is 12.1 Å². The maximum Gasteiger partial charge on any atom is 0.417 e. The highest BCUT2D eigenvalue weighted by atomic mass is 19.4. The smallest absolute Gasteiger partial charge is 0.390 e. The largest absolute Gasteiger partial charge is 0.417 e. The first-order valence-electron chi connectivity index (χ1n) is 7.19. The van der Waals surface area contributed by atoms with Gasteiger partial charge in [-0.25, -0.2) is 0 Å². The molecule has 1 atom stereocenters. The average Bonchev–Trinajstić information content (AvgIpc) is 3.03. The fraction of sp³-hybridized carbons (Fsp3) is 0.235. The van der Waals surface area contributed by atoms with Gasteiger partial charge in [0, 0.05) is 13.0 Å². The number of benzene rings is 2. The van der Waals surface area contributed by atoms with E-state index in [1.54, 1.807) is 30.3 Å². The molecule has 2 N–H and O–H groups in total. The van der Waals surface area contributed by atoms with Crippen molar-refractivity contribution in [2.45, 2.75) is 18.7 Å². The van der Waals surface area contributed by atoms with Crippen molar-refractivity contribution in [1.82, 2.24) is 0 Å². The Morgan fingerprint density at radius 1 is 1.04 bits per heavy atom. The van der Waals surface area contributed by atoms with Crippen LogP contribution >= 0.6 is 0 Å². The number of halogens is 3. The zero-order valence-corrected chi connectivity index (χ0v) is 12.2. The standard InChI is InChI=1S/C17H15F3N2O/c18-17(19,20)15-4-2-1-3-14(15)11-5-7-12(8-6-11)16-9-13(10-21)23-22-16/h1-8,13H,9-10,21H2. The van der Waals surface area contributed by atoms with Crippen molar-refractivity contribution >= 4 is 5.71 Å². The van der Waals surface area contributed by atoms with Gasteiger partial charge in [0.15, 0.2) is 0 Å². The van der Waals surface area contributed by atoms with Crippen LogP contribution in [0.15, 0.2) is 53.7 Å². The molecule has 1 heterocycles. The molecule has 0 spiro atoms. The summed E-state index contributed by atoms with van der Waals surface area (Å²) in [4.78, 5) is 5.16. The number of rotatable bonds is 3. The van der Waals surface area contributed by atoms with Gasteiger partial charge in [-0.1, -0.05) is 47.6 Å². The molecule has 1 aliphatic rings. The molecule has 2 aromatic rings. The lowest BCUT2D eigenvalue weighted by Crippen LogP contribution is -2.20. The number of nitrogens with zero attached hydrogens (tertiary/aromatic N) is 1. The van der Waals surface area contributed by atoms with Gasteiger partial charge in [-0.05, 0) is 22.8 Å². The number of nitrogens with two attached hydrogens (primary N) is 1. The summed E-state index contributed by atoms with van der Waals surface area (Å²) >= 11 is 0. The first-order chi connectivity index (χ1) is 11.0.